The molecule has 4 N–H and O–H groups in total. The summed E-state index contributed by atoms with van der Waals surface area (Å²) in [6.45, 7) is 0. The second-order valence-electron chi connectivity index (χ2n) is 4.46. The van der Waals surface area contributed by atoms with Gasteiger partial charge in [-0.3, -0.25) is 15.7 Å². The third-order valence-electron chi connectivity index (χ3n) is 3.00. The predicted octanol–water partition coefficient (Wildman–Crippen LogP) is 2.28. The first-order valence-electron chi connectivity index (χ1n) is 6.45. The molecule has 0 aliphatic rings. The molecule has 2 rings (SSSR count). The standard InChI is InChI=1S/C16H17N5/c1-21(15(18)13-10-6-3-7-11-13)16(19)20-14(17)12-8-4-2-5-9-12/h2-11,18H,1H3,(H3,17,19,20). The second-order valence-corrected chi connectivity index (χ2v) is 4.46. The van der Waals surface area contributed by atoms with Crippen LogP contribution < -0.4 is 5.73 Å². The largest absolute Gasteiger partial charge is 0.383 e. The van der Waals surface area contributed by atoms with Gasteiger partial charge in [-0.15, -0.1) is 0 Å². The number of rotatable bonds is 2. The van der Waals surface area contributed by atoms with Gasteiger partial charge in [-0.2, -0.15) is 4.99 Å². The van der Waals surface area contributed by atoms with Gasteiger partial charge in [0, 0.05) is 18.2 Å². The molecule has 2 aromatic rings. The summed E-state index contributed by atoms with van der Waals surface area (Å²) in [7, 11) is 1.62. The van der Waals surface area contributed by atoms with Gasteiger partial charge in [0.2, 0.25) is 5.96 Å². The molecule has 0 aliphatic carbocycles. The van der Waals surface area contributed by atoms with Crippen LogP contribution in [0.4, 0.5) is 0 Å². The van der Waals surface area contributed by atoms with Crippen molar-refractivity contribution < 1.29 is 0 Å². The molecule has 5 nitrogen and oxygen atoms in total. The maximum Gasteiger partial charge on any atom is 0.225 e. The average molecular weight is 279 g/mol. The van der Waals surface area contributed by atoms with Crippen LogP contribution in [0.25, 0.3) is 0 Å². The highest BCUT2D eigenvalue weighted by Gasteiger charge is 2.12. The summed E-state index contributed by atoms with van der Waals surface area (Å²) in [6, 6.07) is 18.5. The van der Waals surface area contributed by atoms with Crippen molar-refractivity contribution in [3.8, 4) is 0 Å². The van der Waals surface area contributed by atoms with E-state index in [1.54, 1.807) is 7.05 Å². The molecule has 0 amide bonds. The predicted molar refractivity (Wildman–Crippen MR) is 85.9 cm³/mol. The minimum Gasteiger partial charge on any atom is -0.383 e. The molecular formula is C16H17N5. The number of hydrogen-bond donors (Lipinski definition) is 3. The highest BCUT2D eigenvalue weighted by Crippen LogP contribution is 2.05. The number of amidine groups is 2. The molecule has 21 heavy (non-hydrogen) atoms. The van der Waals surface area contributed by atoms with Crippen LogP contribution in [0.3, 0.4) is 0 Å². The first-order valence-corrected chi connectivity index (χ1v) is 6.45. The Labute approximate surface area is 123 Å². The van der Waals surface area contributed by atoms with Crippen molar-refractivity contribution in [1.29, 1.82) is 10.8 Å². The number of hydrogen-bond acceptors (Lipinski definition) is 2. The topological polar surface area (TPSA) is 89.3 Å². The maximum atomic E-state index is 8.09. The van der Waals surface area contributed by atoms with Crippen LogP contribution in [-0.4, -0.2) is 29.6 Å². The molecule has 0 fully saturated rings. The SMILES string of the molecule is CN(C(=N)N=C(N)c1ccccc1)C(=N)c1ccccc1. The van der Waals surface area contributed by atoms with Crippen molar-refractivity contribution in [2.45, 2.75) is 0 Å². The van der Waals surface area contributed by atoms with E-state index >= 15 is 0 Å². The van der Waals surface area contributed by atoms with Crippen LogP contribution in [0.15, 0.2) is 65.7 Å². The summed E-state index contributed by atoms with van der Waals surface area (Å²) in [5, 5.41) is 16.1. The molecule has 0 heterocycles. The zero-order valence-corrected chi connectivity index (χ0v) is 11.7. The Morgan fingerprint density at radius 1 is 0.905 bits per heavy atom. The molecule has 2 aromatic carbocycles. The van der Waals surface area contributed by atoms with Gasteiger partial charge in [-0.05, 0) is 0 Å². The van der Waals surface area contributed by atoms with Crippen LogP contribution in [0.2, 0.25) is 0 Å². The van der Waals surface area contributed by atoms with E-state index in [0.29, 0.717) is 0 Å². The number of nitrogens with two attached hydrogens (primary N) is 1. The highest BCUT2D eigenvalue weighted by molar-refractivity contribution is 6.11. The second kappa shape index (κ2) is 6.47. The van der Waals surface area contributed by atoms with E-state index in [0.717, 1.165) is 11.1 Å². The van der Waals surface area contributed by atoms with E-state index < -0.39 is 0 Å². The molecule has 0 atom stereocenters. The molecule has 0 aliphatic heterocycles. The summed E-state index contributed by atoms with van der Waals surface area (Å²) in [4.78, 5) is 5.44. The molecule has 0 bridgehead atoms. The monoisotopic (exact) mass is 279 g/mol. The van der Waals surface area contributed by atoms with Crippen LogP contribution in [0, 0.1) is 10.8 Å². The van der Waals surface area contributed by atoms with Gasteiger partial charge < -0.3 is 5.73 Å². The molecule has 0 spiro atoms. The average Bonchev–Trinajstić information content (AvgIpc) is 2.55. The molecule has 0 radical (unpaired) electrons. The number of aliphatic imine (C=N–C) groups is 1. The van der Waals surface area contributed by atoms with Crippen molar-refractivity contribution in [3.63, 3.8) is 0 Å². The minimum absolute atomic E-state index is 0.0785. The Morgan fingerprint density at radius 2 is 1.38 bits per heavy atom. The maximum absolute atomic E-state index is 8.09. The van der Waals surface area contributed by atoms with Crippen molar-refractivity contribution in [3.05, 3.63) is 71.8 Å². The third kappa shape index (κ3) is 3.54. The van der Waals surface area contributed by atoms with Crippen molar-refractivity contribution in [1.82, 2.24) is 4.90 Å². The first kappa shape index (κ1) is 14.5. The van der Waals surface area contributed by atoms with Gasteiger partial charge in [0.25, 0.3) is 0 Å². The number of guanidine groups is 1. The molecule has 0 aromatic heterocycles. The van der Waals surface area contributed by atoms with Gasteiger partial charge in [0.05, 0.1) is 0 Å². The van der Waals surface area contributed by atoms with Gasteiger partial charge >= 0.3 is 0 Å². The quantitative estimate of drug-likeness (QED) is 0.581. The van der Waals surface area contributed by atoms with Gasteiger partial charge in [0.15, 0.2) is 0 Å². The summed E-state index contributed by atoms with van der Waals surface area (Å²) in [5.41, 5.74) is 7.36. The molecule has 0 saturated heterocycles. The molecule has 106 valence electrons. The van der Waals surface area contributed by atoms with Gasteiger partial charge in [-0.25, -0.2) is 0 Å². The lowest BCUT2D eigenvalue weighted by Gasteiger charge is -2.18. The Hall–Kier alpha value is -2.95. The first-order chi connectivity index (χ1) is 10.1. The van der Waals surface area contributed by atoms with E-state index in [9.17, 15) is 0 Å². The van der Waals surface area contributed by atoms with Gasteiger partial charge in [0.1, 0.15) is 11.7 Å². The number of nitrogens with zero attached hydrogens (tertiary/aromatic N) is 2. The van der Waals surface area contributed by atoms with Crippen molar-refractivity contribution in [2.24, 2.45) is 10.7 Å². The molecule has 5 heteroatoms. The lowest BCUT2D eigenvalue weighted by molar-refractivity contribution is 0.729. The van der Waals surface area contributed by atoms with E-state index in [4.69, 9.17) is 16.6 Å². The van der Waals surface area contributed by atoms with Crippen LogP contribution >= 0.6 is 0 Å². The zero-order valence-electron chi connectivity index (χ0n) is 11.7. The molecule has 0 saturated carbocycles. The summed E-state index contributed by atoms with van der Waals surface area (Å²) in [5.74, 6) is 0.378. The van der Waals surface area contributed by atoms with E-state index in [2.05, 4.69) is 4.99 Å². The van der Waals surface area contributed by atoms with E-state index in [-0.39, 0.29) is 17.6 Å². The fourth-order valence-corrected chi connectivity index (χ4v) is 1.76. The van der Waals surface area contributed by atoms with Crippen LogP contribution in [0.1, 0.15) is 11.1 Å². The van der Waals surface area contributed by atoms with Gasteiger partial charge in [-0.1, -0.05) is 60.7 Å². The Balaban J connectivity index is 2.15. The summed E-state index contributed by atoms with van der Waals surface area (Å²) < 4.78 is 0. The fraction of sp³-hybridized carbons (Fsp3) is 0.0625. The van der Waals surface area contributed by atoms with Crippen LogP contribution in [-0.2, 0) is 0 Å². The summed E-state index contributed by atoms with van der Waals surface area (Å²) in [6.07, 6.45) is 0. The third-order valence-corrected chi connectivity index (χ3v) is 3.00. The fourth-order valence-electron chi connectivity index (χ4n) is 1.76. The molecular weight excluding hydrogens is 262 g/mol. The number of benzene rings is 2. The lowest BCUT2D eigenvalue weighted by atomic mass is 10.2. The Kier molecular flexibility index (Phi) is 4.46. The van der Waals surface area contributed by atoms with Crippen molar-refractivity contribution in [2.75, 3.05) is 7.05 Å². The van der Waals surface area contributed by atoms with E-state index in [1.807, 2.05) is 60.7 Å². The van der Waals surface area contributed by atoms with E-state index in [1.165, 1.54) is 4.90 Å². The minimum atomic E-state index is -0.0785. The highest BCUT2D eigenvalue weighted by atomic mass is 15.3. The lowest BCUT2D eigenvalue weighted by Crippen LogP contribution is -2.33. The zero-order chi connectivity index (χ0) is 15.2. The number of nitrogens with one attached hydrogen (secondary N) is 2. The van der Waals surface area contributed by atoms with Crippen LogP contribution in [0.5, 0.6) is 0 Å². The molecule has 0 unspecified atom stereocenters. The van der Waals surface area contributed by atoms with Crippen molar-refractivity contribution >= 4 is 17.6 Å². The smallest absolute Gasteiger partial charge is 0.225 e. The Bertz CT molecular complexity index is 662. The Morgan fingerprint density at radius 3 is 1.90 bits per heavy atom. The normalized spacial score (nSPS) is 11.0. The summed E-state index contributed by atoms with van der Waals surface area (Å²) >= 11 is 0.